The molecule has 2 heterocycles. The smallest absolute Gasteiger partial charge is 0.0613 e. The van der Waals surface area contributed by atoms with E-state index >= 15 is 0 Å². The molecule has 17 heavy (non-hydrogen) atoms. The van der Waals surface area contributed by atoms with Crippen LogP contribution in [0.25, 0.3) is 0 Å². The topological polar surface area (TPSA) is 24.5 Å². The fourth-order valence-corrected chi connectivity index (χ4v) is 3.15. The van der Waals surface area contributed by atoms with Crippen molar-refractivity contribution in [1.29, 1.82) is 0 Å². The summed E-state index contributed by atoms with van der Waals surface area (Å²) < 4.78 is 5.73. The molecule has 2 aliphatic heterocycles. The van der Waals surface area contributed by atoms with E-state index in [-0.39, 0.29) is 0 Å². The van der Waals surface area contributed by atoms with Gasteiger partial charge in [0.1, 0.15) is 0 Å². The van der Waals surface area contributed by atoms with E-state index in [1.54, 1.807) is 0 Å². The average Bonchev–Trinajstić information content (AvgIpc) is 2.96. The maximum Gasteiger partial charge on any atom is 0.0613 e. The summed E-state index contributed by atoms with van der Waals surface area (Å²) in [7, 11) is 0. The second-order valence-electron chi connectivity index (χ2n) is 5.68. The van der Waals surface area contributed by atoms with Crippen molar-refractivity contribution in [3.8, 4) is 0 Å². The molecule has 0 aliphatic carbocycles. The van der Waals surface area contributed by atoms with Crippen molar-refractivity contribution in [2.45, 2.75) is 51.7 Å². The molecule has 1 N–H and O–H groups in total. The van der Waals surface area contributed by atoms with Crippen LogP contribution in [-0.2, 0) is 4.74 Å². The lowest BCUT2D eigenvalue weighted by Gasteiger charge is -2.24. The molecule has 3 atom stereocenters. The Morgan fingerprint density at radius 1 is 1.35 bits per heavy atom. The minimum Gasteiger partial charge on any atom is -0.378 e. The Hall–Kier alpha value is -0.120. The Kier molecular flexibility index (Phi) is 5.26. The zero-order valence-corrected chi connectivity index (χ0v) is 11.5. The SMILES string of the molecule is CCC1OCCC1CNC(C)CN1CCCC1. The van der Waals surface area contributed by atoms with Gasteiger partial charge in [-0.05, 0) is 51.6 Å². The van der Waals surface area contributed by atoms with Gasteiger partial charge in [-0.15, -0.1) is 0 Å². The summed E-state index contributed by atoms with van der Waals surface area (Å²) in [6, 6.07) is 0.617. The van der Waals surface area contributed by atoms with Crippen molar-refractivity contribution in [3.63, 3.8) is 0 Å². The normalized spacial score (nSPS) is 32.1. The van der Waals surface area contributed by atoms with Crippen LogP contribution in [0.15, 0.2) is 0 Å². The lowest BCUT2D eigenvalue weighted by Crippen LogP contribution is -2.41. The lowest BCUT2D eigenvalue weighted by atomic mass is 9.99. The Balaban J connectivity index is 1.63. The minimum absolute atomic E-state index is 0.501. The number of likely N-dealkylation sites (tertiary alicyclic amines) is 1. The molecule has 0 spiro atoms. The first-order chi connectivity index (χ1) is 8.29. The molecule has 2 rings (SSSR count). The molecule has 0 amide bonds. The number of hydrogen-bond donors (Lipinski definition) is 1. The van der Waals surface area contributed by atoms with Crippen LogP contribution >= 0.6 is 0 Å². The molecular formula is C14H28N2O. The van der Waals surface area contributed by atoms with Gasteiger partial charge in [-0.25, -0.2) is 0 Å². The minimum atomic E-state index is 0.501. The van der Waals surface area contributed by atoms with Crippen LogP contribution in [0.1, 0.15) is 39.5 Å². The quantitative estimate of drug-likeness (QED) is 0.767. The maximum atomic E-state index is 5.73. The van der Waals surface area contributed by atoms with Gasteiger partial charge in [-0.1, -0.05) is 6.92 Å². The molecule has 3 unspecified atom stereocenters. The Labute approximate surface area is 106 Å². The number of hydrogen-bond acceptors (Lipinski definition) is 3. The van der Waals surface area contributed by atoms with Gasteiger partial charge >= 0.3 is 0 Å². The Morgan fingerprint density at radius 2 is 2.12 bits per heavy atom. The predicted molar refractivity (Wildman–Crippen MR) is 71.3 cm³/mol. The first kappa shape index (κ1) is 13.3. The zero-order valence-electron chi connectivity index (χ0n) is 11.5. The van der Waals surface area contributed by atoms with Crippen LogP contribution < -0.4 is 5.32 Å². The third-order valence-corrected chi connectivity index (χ3v) is 4.21. The highest BCUT2D eigenvalue weighted by atomic mass is 16.5. The third kappa shape index (κ3) is 3.94. The second kappa shape index (κ2) is 6.72. The summed E-state index contributed by atoms with van der Waals surface area (Å²) in [5.74, 6) is 0.737. The van der Waals surface area contributed by atoms with Crippen molar-refractivity contribution in [1.82, 2.24) is 10.2 Å². The zero-order chi connectivity index (χ0) is 12.1. The van der Waals surface area contributed by atoms with Gasteiger partial charge in [0.2, 0.25) is 0 Å². The molecule has 0 aromatic rings. The predicted octanol–water partition coefficient (Wildman–Crippen LogP) is 1.88. The van der Waals surface area contributed by atoms with E-state index < -0.39 is 0 Å². The summed E-state index contributed by atoms with van der Waals surface area (Å²) in [6.45, 7) is 10.5. The van der Waals surface area contributed by atoms with E-state index in [9.17, 15) is 0 Å². The molecule has 0 saturated carbocycles. The molecule has 3 nitrogen and oxygen atoms in total. The van der Waals surface area contributed by atoms with Crippen LogP contribution in [0.5, 0.6) is 0 Å². The Morgan fingerprint density at radius 3 is 2.82 bits per heavy atom. The van der Waals surface area contributed by atoms with Gasteiger partial charge in [0.15, 0.2) is 0 Å². The van der Waals surface area contributed by atoms with Gasteiger partial charge in [0.25, 0.3) is 0 Å². The van der Waals surface area contributed by atoms with Crippen molar-refractivity contribution in [2.24, 2.45) is 5.92 Å². The van der Waals surface area contributed by atoms with E-state index in [1.165, 1.54) is 38.9 Å². The number of nitrogens with zero attached hydrogens (tertiary/aromatic N) is 1. The molecule has 0 aromatic carbocycles. The Bertz CT molecular complexity index is 216. The highest BCUT2D eigenvalue weighted by Crippen LogP contribution is 2.22. The van der Waals surface area contributed by atoms with Crippen LogP contribution in [0, 0.1) is 5.92 Å². The lowest BCUT2D eigenvalue weighted by molar-refractivity contribution is 0.0864. The van der Waals surface area contributed by atoms with Gasteiger partial charge in [-0.2, -0.15) is 0 Å². The number of rotatable bonds is 6. The molecule has 2 saturated heterocycles. The highest BCUT2D eigenvalue weighted by Gasteiger charge is 2.26. The molecule has 0 radical (unpaired) electrons. The van der Waals surface area contributed by atoms with Crippen molar-refractivity contribution < 1.29 is 4.74 Å². The molecule has 2 aliphatic rings. The molecule has 0 aromatic heterocycles. The fraction of sp³-hybridized carbons (Fsp3) is 1.00. The van der Waals surface area contributed by atoms with E-state index in [1.807, 2.05) is 0 Å². The third-order valence-electron chi connectivity index (χ3n) is 4.21. The summed E-state index contributed by atoms with van der Waals surface area (Å²) in [4.78, 5) is 2.58. The van der Waals surface area contributed by atoms with Gasteiger partial charge < -0.3 is 15.0 Å². The molecular weight excluding hydrogens is 212 g/mol. The average molecular weight is 240 g/mol. The number of ether oxygens (including phenoxy) is 1. The summed E-state index contributed by atoms with van der Waals surface area (Å²) in [5.41, 5.74) is 0. The standard InChI is InChI=1S/C14H28N2O/c1-3-14-13(6-9-17-14)10-15-12(2)11-16-7-4-5-8-16/h12-15H,3-11H2,1-2H3. The first-order valence-electron chi connectivity index (χ1n) is 7.37. The molecule has 100 valence electrons. The van der Waals surface area contributed by atoms with Crippen LogP contribution in [0.4, 0.5) is 0 Å². The molecule has 2 fully saturated rings. The van der Waals surface area contributed by atoms with Crippen molar-refractivity contribution in [3.05, 3.63) is 0 Å². The summed E-state index contributed by atoms with van der Waals surface area (Å²) in [5, 5.41) is 3.69. The van der Waals surface area contributed by atoms with Gasteiger partial charge in [0, 0.05) is 25.7 Å². The van der Waals surface area contributed by atoms with Crippen LogP contribution in [0.3, 0.4) is 0 Å². The maximum absolute atomic E-state index is 5.73. The first-order valence-corrected chi connectivity index (χ1v) is 7.37. The molecule has 3 heteroatoms. The molecule has 0 bridgehead atoms. The van der Waals surface area contributed by atoms with Gasteiger partial charge in [-0.3, -0.25) is 0 Å². The van der Waals surface area contributed by atoms with E-state index in [0.717, 1.165) is 25.5 Å². The summed E-state index contributed by atoms with van der Waals surface area (Å²) in [6.07, 6.45) is 5.68. The fourth-order valence-electron chi connectivity index (χ4n) is 3.15. The van der Waals surface area contributed by atoms with E-state index in [0.29, 0.717) is 12.1 Å². The monoisotopic (exact) mass is 240 g/mol. The highest BCUT2D eigenvalue weighted by molar-refractivity contribution is 4.79. The van der Waals surface area contributed by atoms with Crippen LogP contribution in [0.2, 0.25) is 0 Å². The number of nitrogens with one attached hydrogen (secondary N) is 1. The van der Waals surface area contributed by atoms with E-state index in [2.05, 4.69) is 24.1 Å². The van der Waals surface area contributed by atoms with E-state index in [4.69, 9.17) is 4.74 Å². The van der Waals surface area contributed by atoms with Crippen LogP contribution in [-0.4, -0.2) is 49.8 Å². The van der Waals surface area contributed by atoms with Gasteiger partial charge in [0.05, 0.1) is 6.10 Å². The largest absolute Gasteiger partial charge is 0.378 e. The van der Waals surface area contributed by atoms with Crippen molar-refractivity contribution >= 4 is 0 Å². The van der Waals surface area contributed by atoms with Crippen molar-refractivity contribution in [2.75, 3.05) is 32.8 Å². The summed E-state index contributed by atoms with van der Waals surface area (Å²) >= 11 is 0. The second-order valence-corrected chi connectivity index (χ2v) is 5.68.